The number of benzene rings is 1. The van der Waals surface area contributed by atoms with E-state index in [4.69, 9.17) is 12.2 Å². The van der Waals surface area contributed by atoms with Crippen molar-refractivity contribution in [1.29, 1.82) is 0 Å². The minimum Gasteiger partial charge on any atom is -0.370 e. The van der Waals surface area contributed by atoms with Crippen LogP contribution < -0.4 is 10.5 Å². The lowest BCUT2D eigenvalue weighted by Crippen LogP contribution is -2.47. The lowest BCUT2D eigenvalue weighted by atomic mass is 10.0. The first-order valence-corrected chi connectivity index (χ1v) is 10.9. The lowest BCUT2D eigenvalue weighted by molar-refractivity contribution is 0.294. The summed E-state index contributed by atoms with van der Waals surface area (Å²) in [6.07, 6.45) is 3.50. The molecule has 4 aromatic rings. The van der Waals surface area contributed by atoms with Crippen LogP contribution in [-0.4, -0.2) is 55.8 Å². The topological polar surface area (TPSA) is 85.8 Å². The van der Waals surface area contributed by atoms with Crippen LogP contribution in [0, 0.1) is 4.64 Å². The quantitative estimate of drug-likeness (QED) is 0.459. The minimum atomic E-state index is -0.270. The highest BCUT2D eigenvalue weighted by Gasteiger charge is 2.26. The summed E-state index contributed by atoms with van der Waals surface area (Å²) in [6, 6.07) is 15.8. The number of H-pyrrole nitrogens is 2. The van der Waals surface area contributed by atoms with Gasteiger partial charge in [0.15, 0.2) is 5.65 Å². The minimum absolute atomic E-state index is 0.267. The molecule has 1 aliphatic heterocycles. The van der Waals surface area contributed by atoms with Gasteiger partial charge in [0.25, 0.3) is 5.56 Å². The van der Waals surface area contributed by atoms with Gasteiger partial charge in [-0.15, -0.1) is 0 Å². The number of anilines is 1. The SMILES string of the molecule is C=C(C(c1ccccc1)n1cnc2[nH][nH]c(=O)c2c1=S)N1CCN(c2ccccn2)CC1. The van der Waals surface area contributed by atoms with Crippen molar-refractivity contribution in [1.82, 2.24) is 29.6 Å². The van der Waals surface area contributed by atoms with Crippen LogP contribution >= 0.6 is 12.2 Å². The number of piperazine rings is 1. The average molecular weight is 446 g/mol. The van der Waals surface area contributed by atoms with Gasteiger partial charge >= 0.3 is 0 Å². The van der Waals surface area contributed by atoms with Crippen LogP contribution in [0.1, 0.15) is 11.6 Å². The standard InChI is InChI=1S/C23H23N7OS/c1-16(28-11-13-29(14-12-28)18-9-5-6-10-24-18)20(17-7-3-2-4-8-17)30-15-25-21-19(23(30)32)22(31)27-26-21/h2-10,15,20H,1,11-14H2,(H2,26,27,31). The number of nitrogens with one attached hydrogen (secondary N) is 2. The van der Waals surface area contributed by atoms with Crippen molar-refractivity contribution in [3.63, 3.8) is 0 Å². The number of allylic oxidation sites excluding steroid dienone is 1. The Morgan fingerprint density at radius 2 is 1.75 bits per heavy atom. The molecule has 0 bridgehead atoms. The predicted octanol–water partition coefficient (Wildman–Crippen LogP) is 3.10. The first-order valence-electron chi connectivity index (χ1n) is 10.5. The Kier molecular flexibility index (Phi) is 5.32. The molecule has 3 aromatic heterocycles. The second-order valence-corrected chi connectivity index (χ2v) is 8.11. The molecule has 1 atom stereocenters. The number of nitrogens with zero attached hydrogens (tertiary/aromatic N) is 5. The number of aromatic amines is 2. The molecule has 8 nitrogen and oxygen atoms in total. The summed E-state index contributed by atoms with van der Waals surface area (Å²) >= 11 is 5.72. The van der Waals surface area contributed by atoms with Gasteiger partial charge in [-0.3, -0.25) is 15.0 Å². The van der Waals surface area contributed by atoms with Crippen LogP contribution in [0.2, 0.25) is 0 Å². The molecule has 0 radical (unpaired) electrons. The van der Waals surface area contributed by atoms with Crippen molar-refractivity contribution in [2.75, 3.05) is 31.1 Å². The van der Waals surface area contributed by atoms with Gasteiger partial charge in [-0.25, -0.2) is 9.97 Å². The molecule has 4 heterocycles. The number of hydrogen-bond acceptors (Lipinski definition) is 6. The number of pyridine rings is 1. The van der Waals surface area contributed by atoms with E-state index in [1.54, 1.807) is 6.33 Å². The third kappa shape index (κ3) is 3.60. The first kappa shape index (κ1) is 20.2. The highest BCUT2D eigenvalue weighted by atomic mass is 32.1. The highest BCUT2D eigenvalue weighted by Crippen LogP contribution is 2.30. The van der Waals surface area contributed by atoms with Gasteiger partial charge < -0.3 is 14.4 Å². The molecule has 32 heavy (non-hydrogen) atoms. The van der Waals surface area contributed by atoms with Gasteiger partial charge in [-0.05, 0) is 17.7 Å². The van der Waals surface area contributed by atoms with Gasteiger partial charge in [0.05, 0.1) is 6.33 Å². The van der Waals surface area contributed by atoms with Crippen molar-refractivity contribution in [2.45, 2.75) is 6.04 Å². The molecule has 1 aliphatic rings. The first-order chi connectivity index (χ1) is 15.6. The van der Waals surface area contributed by atoms with Crippen LogP contribution in [0.3, 0.4) is 0 Å². The van der Waals surface area contributed by atoms with Crippen LogP contribution in [0.4, 0.5) is 5.82 Å². The van der Waals surface area contributed by atoms with Crippen molar-refractivity contribution < 1.29 is 0 Å². The van der Waals surface area contributed by atoms with Crippen molar-refractivity contribution >= 4 is 29.1 Å². The summed E-state index contributed by atoms with van der Waals surface area (Å²) in [7, 11) is 0. The molecule has 5 rings (SSSR count). The smallest absolute Gasteiger partial charge is 0.276 e. The maximum atomic E-state index is 12.3. The van der Waals surface area contributed by atoms with Gasteiger partial charge in [0.2, 0.25) is 0 Å². The molecule has 0 spiro atoms. The maximum absolute atomic E-state index is 12.3. The molecule has 2 N–H and O–H groups in total. The number of aromatic nitrogens is 5. The fraction of sp³-hybridized carbons (Fsp3) is 0.217. The van der Waals surface area contributed by atoms with E-state index >= 15 is 0 Å². The van der Waals surface area contributed by atoms with E-state index in [0.29, 0.717) is 15.7 Å². The zero-order valence-electron chi connectivity index (χ0n) is 17.4. The second-order valence-electron chi connectivity index (χ2n) is 7.73. The number of rotatable bonds is 5. The molecule has 1 unspecified atom stereocenters. The van der Waals surface area contributed by atoms with E-state index in [2.05, 4.69) is 36.5 Å². The maximum Gasteiger partial charge on any atom is 0.276 e. The Morgan fingerprint density at radius 1 is 1.00 bits per heavy atom. The molecule has 1 fully saturated rings. The Bertz CT molecular complexity index is 1350. The van der Waals surface area contributed by atoms with Crippen molar-refractivity contribution in [2.24, 2.45) is 0 Å². The van der Waals surface area contributed by atoms with Crippen LogP contribution in [-0.2, 0) is 0 Å². The third-order valence-electron chi connectivity index (χ3n) is 5.89. The van der Waals surface area contributed by atoms with E-state index in [1.807, 2.05) is 59.3 Å². The molecule has 0 amide bonds. The summed E-state index contributed by atoms with van der Waals surface area (Å²) in [6.45, 7) is 7.78. The van der Waals surface area contributed by atoms with Gasteiger partial charge in [0.1, 0.15) is 21.9 Å². The molecule has 1 aromatic carbocycles. The Hall–Kier alpha value is -3.72. The molecular formula is C23H23N7OS. The normalized spacial score (nSPS) is 15.1. The predicted molar refractivity (Wildman–Crippen MR) is 127 cm³/mol. The highest BCUT2D eigenvalue weighted by molar-refractivity contribution is 7.71. The van der Waals surface area contributed by atoms with E-state index in [0.717, 1.165) is 43.3 Å². The fourth-order valence-electron chi connectivity index (χ4n) is 4.21. The summed E-state index contributed by atoms with van der Waals surface area (Å²) in [5.74, 6) is 0.987. The van der Waals surface area contributed by atoms with Crippen LogP contribution in [0.5, 0.6) is 0 Å². The molecule has 0 saturated carbocycles. The van der Waals surface area contributed by atoms with Crippen LogP contribution in [0.25, 0.3) is 11.0 Å². The summed E-state index contributed by atoms with van der Waals surface area (Å²) in [5, 5.41) is 5.73. The number of fused-ring (bicyclic) bond motifs is 1. The Labute approximate surface area is 189 Å². The monoisotopic (exact) mass is 445 g/mol. The van der Waals surface area contributed by atoms with Gasteiger partial charge in [-0.1, -0.05) is 55.2 Å². The Balaban J connectivity index is 1.48. The van der Waals surface area contributed by atoms with E-state index in [1.165, 1.54) is 0 Å². The molecular weight excluding hydrogens is 422 g/mol. The van der Waals surface area contributed by atoms with E-state index < -0.39 is 0 Å². The molecule has 9 heteroatoms. The van der Waals surface area contributed by atoms with Crippen LogP contribution in [0.15, 0.2) is 78.1 Å². The largest absolute Gasteiger partial charge is 0.370 e. The van der Waals surface area contributed by atoms with E-state index in [9.17, 15) is 4.79 Å². The van der Waals surface area contributed by atoms with Crippen molar-refractivity contribution in [3.8, 4) is 0 Å². The zero-order chi connectivity index (χ0) is 22.1. The van der Waals surface area contributed by atoms with Crippen molar-refractivity contribution in [3.05, 3.63) is 93.9 Å². The van der Waals surface area contributed by atoms with Gasteiger partial charge in [0, 0.05) is 38.1 Å². The second kappa shape index (κ2) is 8.43. The summed E-state index contributed by atoms with van der Waals surface area (Å²) < 4.78 is 2.29. The average Bonchev–Trinajstić information content (AvgIpc) is 3.23. The van der Waals surface area contributed by atoms with Gasteiger partial charge in [-0.2, -0.15) is 0 Å². The third-order valence-corrected chi connectivity index (χ3v) is 6.30. The molecule has 0 aliphatic carbocycles. The molecule has 1 saturated heterocycles. The van der Waals surface area contributed by atoms with E-state index in [-0.39, 0.29) is 11.6 Å². The Morgan fingerprint density at radius 3 is 2.47 bits per heavy atom. The fourth-order valence-corrected chi connectivity index (χ4v) is 4.56. The molecule has 162 valence electrons. The summed E-state index contributed by atoms with van der Waals surface area (Å²) in [4.78, 5) is 25.8. The number of hydrogen-bond donors (Lipinski definition) is 2. The summed E-state index contributed by atoms with van der Waals surface area (Å²) in [5.41, 5.74) is 2.14. The zero-order valence-corrected chi connectivity index (χ0v) is 18.3. The lowest BCUT2D eigenvalue weighted by Gasteiger charge is -2.40.